The van der Waals surface area contributed by atoms with Gasteiger partial charge in [-0.05, 0) is 44.5 Å². The van der Waals surface area contributed by atoms with Crippen molar-refractivity contribution >= 4 is 24.4 Å². The van der Waals surface area contributed by atoms with Gasteiger partial charge < -0.3 is 30.0 Å². The number of rotatable bonds is 6. The van der Waals surface area contributed by atoms with Crippen molar-refractivity contribution in [2.24, 2.45) is 9.98 Å². The van der Waals surface area contributed by atoms with Crippen molar-refractivity contribution in [1.82, 2.24) is 0 Å². The number of aliphatic carboxylic acids is 2. The smallest absolute Gasteiger partial charge is 0.550 e. The third kappa shape index (κ3) is 17.0. The van der Waals surface area contributed by atoms with Crippen LogP contribution in [-0.4, -0.2) is 47.7 Å². The summed E-state index contributed by atoms with van der Waals surface area (Å²) >= 11 is 0. The molecular weight excluding hydrogens is 435 g/mol. The summed E-state index contributed by atoms with van der Waals surface area (Å²) in [4.78, 5) is 26.3. The molecule has 30 heavy (non-hydrogen) atoms. The van der Waals surface area contributed by atoms with Gasteiger partial charge in [-0.25, -0.2) is 0 Å². The van der Waals surface area contributed by atoms with Crippen LogP contribution in [0.25, 0.3) is 0 Å². The summed E-state index contributed by atoms with van der Waals surface area (Å²) in [7, 11) is 0. The van der Waals surface area contributed by atoms with E-state index in [-0.39, 0.29) is 28.3 Å². The molecule has 2 rings (SSSR count). The van der Waals surface area contributed by atoms with Gasteiger partial charge in [0.2, 0.25) is 0 Å². The number of phenolic OH excluding ortho intramolecular Hbond substituents is 2. The minimum absolute atomic E-state index is 0. The van der Waals surface area contributed by atoms with E-state index in [1.54, 1.807) is 36.7 Å². The number of hydrogen-bond donors (Lipinski definition) is 2. The molecule has 0 unspecified atom stereocenters. The Kier molecular flexibility index (Phi) is 17.3. The maximum Gasteiger partial charge on any atom is 2.00 e. The van der Waals surface area contributed by atoms with Gasteiger partial charge in [-0.2, -0.15) is 0 Å². The van der Waals surface area contributed by atoms with Gasteiger partial charge in [-0.1, -0.05) is 24.3 Å². The third-order valence-corrected chi connectivity index (χ3v) is 2.91. The number of carbonyl (C=O) groups excluding carboxylic acids is 2. The van der Waals surface area contributed by atoms with Crippen LogP contribution in [0.4, 0.5) is 0 Å². The number of carboxylic acid groups (broad SMARTS) is 2. The number of carbonyl (C=O) groups is 2. The minimum Gasteiger partial charge on any atom is -0.550 e. The Labute approximate surface area is 185 Å². The van der Waals surface area contributed by atoms with Crippen molar-refractivity contribution in [3.63, 3.8) is 0 Å². The zero-order chi connectivity index (χ0) is 22.1. The fraction of sp³-hybridized carbons (Fsp3) is 0.238. The van der Waals surface area contributed by atoms with Gasteiger partial charge in [0.05, 0.1) is 0 Å². The van der Waals surface area contributed by atoms with Gasteiger partial charge in [-0.3, -0.25) is 9.98 Å². The average Bonchev–Trinajstić information content (AvgIpc) is 2.63. The summed E-state index contributed by atoms with van der Waals surface area (Å²) in [5, 5.41) is 36.9. The number of carboxylic acids is 2. The van der Waals surface area contributed by atoms with Crippen LogP contribution in [-0.2, 0) is 26.4 Å². The second-order valence-electron chi connectivity index (χ2n) is 5.52. The molecule has 163 valence electrons. The van der Waals surface area contributed by atoms with Crippen LogP contribution >= 0.6 is 0 Å². The first kappa shape index (κ1) is 29.0. The average molecular weight is 459 g/mol. The Balaban J connectivity index is 0. The molecule has 2 aromatic carbocycles. The molecule has 1 radical (unpaired) electrons. The van der Waals surface area contributed by atoms with Crippen LogP contribution in [0.5, 0.6) is 11.5 Å². The van der Waals surface area contributed by atoms with Crippen LogP contribution < -0.4 is 10.2 Å². The maximum atomic E-state index is 9.56. The number of hydrogen-bond acceptors (Lipinski definition) is 8. The van der Waals surface area contributed by atoms with Gasteiger partial charge in [0.15, 0.2) is 0 Å². The van der Waals surface area contributed by atoms with Gasteiger partial charge in [0.25, 0.3) is 0 Å². The SMILES string of the molecule is CC(=O)[O-].CC(=O)[O-].Oc1ccccc1C=NCCCN=Cc1ccccc1O.[Co+2]. The molecule has 8 nitrogen and oxygen atoms in total. The van der Waals surface area contributed by atoms with E-state index in [4.69, 9.17) is 19.8 Å². The topological polar surface area (TPSA) is 145 Å². The Morgan fingerprint density at radius 1 is 0.800 bits per heavy atom. The van der Waals surface area contributed by atoms with Crippen molar-refractivity contribution in [2.45, 2.75) is 20.3 Å². The normalized spacial score (nSPS) is 9.67. The van der Waals surface area contributed by atoms with E-state index in [1.807, 2.05) is 24.3 Å². The predicted octanol–water partition coefficient (Wildman–Crippen LogP) is 0.536. The molecule has 0 aliphatic heterocycles. The first-order valence-corrected chi connectivity index (χ1v) is 8.64. The van der Waals surface area contributed by atoms with E-state index in [0.717, 1.165) is 31.4 Å². The van der Waals surface area contributed by atoms with Crippen LogP contribution in [0.2, 0.25) is 0 Å². The Hall–Kier alpha value is -3.17. The van der Waals surface area contributed by atoms with Gasteiger partial charge in [0.1, 0.15) is 11.5 Å². The van der Waals surface area contributed by atoms with Crippen LogP contribution in [0.1, 0.15) is 31.4 Å². The fourth-order valence-corrected chi connectivity index (χ4v) is 1.77. The van der Waals surface area contributed by atoms with E-state index in [9.17, 15) is 10.2 Å². The first-order valence-electron chi connectivity index (χ1n) is 8.64. The van der Waals surface area contributed by atoms with Crippen molar-refractivity contribution in [2.75, 3.05) is 13.1 Å². The van der Waals surface area contributed by atoms with E-state index in [2.05, 4.69) is 9.98 Å². The van der Waals surface area contributed by atoms with E-state index < -0.39 is 11.9 Å². The standard InChI is InChI=1S/C17H18N2O2.2C2H4O2.Co/c20-16-8-3-1-6-14(16)12-18-10-5-11-19-13-15-7-2-4-9-17(15)21;2*1-2(3)4;/h1-4,6-9,12-13,20-21H,5,10-11H2;2*1H3,(H,3,4);/q;;;+2/p-2. The maximum absolute atomic E-state index is 9.56. The second-order valence-corrected chi connectivity index (χ2v) is 5.52. The zero-order valence-electron chi connectivity index (χ0n) is 16.7. The zero-order valence-corrected chi connectivity index (χ0v) is 17.7. The van der Waals surface area contributed by atoms with Crippen LogP contribution in [0, 0.1) is 0 Å². The molecule has 0 aliphatic carbocycles. The summed E-state index contributed by atoms with van der Waals surface area (Å²) in [5.41, 5.74) is 1.44. The molecule has 9 heteroatoms. The third-order valence-electron chi connectivity index (χ3n) is 2.91. The predicted molar refractivity (Wildman–Crippen MR) is 107 cm³/mol. The molecule has 0 heterocycles. The van der Waals surface area contributed by atoms with Gasteiger partial charge in [0, 0.05) is 48.6 Å². The Morgan fingerprint density at radius 3 is 1.40 bits per heavy atom. The number of aromatic hydroxyl groups is 2. The molecule has 2 N–H and O–H groups in total. The summed E-state index contributed by atoms with van der Waals surface area (Å²) in [6.07, 6.45) is 4.15. The minimum atomic E-state index is -1.08. The van der Waals surface area contributed by atoms with Crippen LogP contribution in [0.3, 0.4) is 0 Å². The van der Waals surface area contributed by atoms with Crippen molar-refractivity contribution in [3.05, 3.63) is 59.7 Å². The molecule has 0 atom stereocenters. The molecule has 0 aliphatic rings. The summed E-state index contributed by atoms with van der Waals surface area (Å²) < 4.78 is 0. The summed E-state index contributed by atoms with van der Waals surface area (Å²) in [6, 6.07) is 14.2. The largest absolute Gasteiger partial charge is 2.00 e. The van der Waals surface area contributed by atoms with Crippen molar-refractivity contribution in [3.8, 4) is 11.5 Å². The van der Waals surface area contributed by atoms with Gasteiger partial charge >= 0.3 is 16.8 Å². The molecule has 0 saturated carbocycles. The molecule has 0 saturated heterocycles. The molecule has 2 aromatic rings. The molecule has 0 bridgehead atoms. The monoisotopic (exact) mass is 459 g/mol. The van der Waals surface area contributed by atoms with E-state index >= 15 is 0 Å². The number of nitrogens with zero attached hydrogens (tertiary/aromatic N) is 2. The molecule has 0 spiro atoms. The first-order chi connectivity index (χ1) is 13.7. The van der Waals surface area contributed by atoms with Crippen LogP contribution in [0.15, 0.2) is 58.5 Å². The van der Waals surface area contributed by atoms with Crippen molar-refractivity contribution < 1.29 is 46.8 Å². The number of aliphatic imine (C=N–C) groups is 2. The van der Waals surface area contributed by atoms with Gasteiger partial charge in [-0.15, -0.1) is 0 Å². The van der Waals surface area contributed by atoms with E-state index in [0.29, 0.717) is 13.1 Å². The summed E-state index contributed by atoms with van der Waals surface area (Å²) in [5.74, 6) is -1.70. The van der Waals surface area contributed by atoms with Crippen molar-refractivity contribution in [1.29, 1.82) is 0 Å². The second kappa shape index (κ2) is 17.9. The Bertz CT molecular complexity index is 749. The van der Waals surface area contributed by atoms with E-state index in [1.165, 1.54) is 0 Å². The number of phenols is 2. The fourth-order valence-electron chi connectivity index (χ4n) is 1.77. The Morgan fingerprint density at radius 2 is 1.10 bits per heavy atom. The molecule has 0 aromatic heterocycles. The number of para-hydroxylation sites is 2. The summed E-state index contributed by atoms with van der Waals surface area (Å²) in [6.45, 7) is 3.24. The number of benzene rings is 2. The quantitative estimate of drug-likeness (QED) is 0.476. The molecular formula is C21H24CoN2O6. The molecule has 0 amide bonds. The molecule has 0 fully saturated rings.